The molecule has 0 aliphatic rings. The molecule has 3 N–H and O–H groups in total. The number of hydrazine groups is 1. The van der Waals surface area contributed by atoms with Crippen molar-refractivity contribution in [1.82, 2.24) is 5.43 Å². The second-order valence-corrected chi connectivity index (χ2v) is 4.48. The number of rotatable bonds is 6. The van der Waals surface area contributed by atoms with Crippen molar-refractivity contribution in [3.8, 4) is 0 Å². The van der Waals surface area contributed by atoms with Gasteiger partial charge in [-0.1, -0.05) is 13.8 Å². The zero-order chi connectivity index (χ0) is 12.8. The van der Waals surface area contributed by atoms with Gasteiger partial charge in [-0.15, -0.1) is 0 Å². The van der Waals surface area contributed by atoms with E-state index in [2.05, 4.69) is 19.3 Å². The van der Waals surface area contributed by atoms with Crippen molar-refractivity contribution in [2.24, 2.45) is 11.8 Å². The summed E-state index contributed by atoms with van der Waals surface area (Å²) in [6.45, 7) is 6.56. The molecule has 0 aromatic carbocycles. The molecule has 5 nitrogen and oxygen atoms in total. The molecule has 1 amide bonds. The van der Waals surface area contributed by atoms with Crippen LogP contribution in [0.3, 0.4) is 0 Å². The lowest BCUT2D eigenvalue weighted by atomic mass is 10.1. The summed E-state index contributed by atoms with van der Waals surface area (Å²) in [5.41, 5.74) is 2.49. The van der Waals surface area contributed by atoms with Crippen LogP contribution >= 0.6 is 0 Å². The highest BCUT2D eigenvalue weighted by Crippen LogP contribution is 2.15. The molecule has 1 aromatic heterocycles. The van der Waals surface area contributed by atoms with Crippen LogP contribution in [0.1, 0.15) is 43.3 Å². The number of carbonyl (C=O) groups excluding carboxylic acids is 1. The van der Waals surface area contributed by atoms with Crippen LogP contribution in [0.25, 0.3) is 0 Å². The molecule has 0 saturated heterocycles. The fourth-order valence-electron chi connectivity index (χ4n) is 1.68. The lowest BCUT2D eigenvalue weighted by molar-refractivity contribution is 0.0297. The number of furan rings is 1. The SMILES string of the molecule is CC(C)CC(C)OCc1occc1C(=O)NN. The highest BCUT2D eigenvalue weighted by molar-refractivity contribution is 5.94. The summed E-state index contributed by atoms with van der Waals surface area (Å²) in [6.07, 6.45) is 2.56. The van der Waals surface area contributed by atoms with Gasteiger partial charge in [0.1, 0.15) is 12.4 Å². The van der Waals surface area contributed by atoms with Gasteiger partial charge in [0.15, 0.2) is 0 Å². The van der Waals surface area contributed by atoms with Crippen LogP contribution in [0.5, 0.6) is 0 Å². The Kier molecular flexibility index (Phi) is 5.18. The zero-order valence-electron chi connectivity index (χ0n) is 10.5. The van der Waals surface area contributed by atoms with Gasteiger partial charge in [0.2, 0.25) is 0 Å². The van der Waals surface area contributed by atoms with Crippen molar-refractivity contribution in [2.45, 2.75) is 39.9 Å². The minimum Gasteiger partial charge on any atom is -0.466 e. The van der Waals surface area contributed by atoms with Gasteiger partial charge in [-0.2, -0.15) is 0 Å². The average molecular weight is 240 g/mol. The van der Waals surface area contributed by atoms with Crippen molar-refractivity contribution in [1.29, 1.82) is 0 Å². The van der Waals surface area contributed by atoms with Crippen LogP contribution in [0.4, 0.5) is 0 Å². The maximum absolute atomic E-state index is 11.4. The van der Waals surface area contributed by atoms with Gasteiger partial charge in [-0.25, -0.2) is 5.84 Å². The standard InChI is InChI=1S/C12H20N2O3/c1-8(2)6-9(3)17-7-11-10(4-5-16-11)12(15)14-13/h4-5,8-9H,6-7,13H2,1-3H3,(H,14,15). The molecule has 1 unspecified atom stereocenters. The summed E-state index contributed by atoms with van der Waals surface area (Å²) in [6, 6.07) is 1.58. The van der Waals surface area contributed by atoms with Gasteiger partial charge in [-0.05, 0) is 25.3 Å². The summed E-state index contributed by atoms with van der Waals surface area (Å²) in [5.74, 6) is 5.79. The van der Waals surface area contributed by atoms with E-state index in [0.717, 1.165) is 6.42 Å². The number of carbonyl (C=O) groups is 1. The van der Waals surface area contributed by atoms with Crippen LogP contribution in [0.2, 0.25) is 0 Å². The van der Waals surface area contributed by atoms with E-state index in [4.69, 9.17) is 15.0 Å². The van der Waals surface area contributed by atoms with Crippen LogP contribution in [0, 0.1) is 5.92 Å². The van der Waals surface area contributed by atoms with Crippen LogP contribution in [0.15, 0.2) is 16.7 Å². The highest BCUT2D eigenvalue weighted by atomic mass is 16.5. The van der Waals surface area contributed by atoms with E-state index in [9.17, 15) is 4.79 Å². The molecule has 0 saturated carbocycles. The monoisotopic (exact) mass is 240 g/mol. The summed E-state index contributed by atoms with van der Waals surface area (Å²) >= 11 is 0. The van der Waals surface area contributed by atoms with Gasteiger partial charge in [0.25, 0.3) is 5.91 Å². The van der Waals surface area contributed by atoms with Crippen LogP contribution in [-0.2, 0) is 11.3 Å². The summed E-state index contributed by atoms with van der Waals surface area (Å²) in [5, 5.41) is 0. The largest absolute Gasteiger partial charge is 0.466 e. The number of nitrogens with two attached hydrogens (primary N) is 1. The van der Waals surface area contributed by atoms with Gasteiger partial charge >= 0.3 is 0 Å². The Labute approximate surface area is 101 Å². The van der Waals surface area contributed by atoms with E-state index in [1.807, 2.05) is 6.92 Å². The van der Waals surface area contributed by atoms with Crippen molar-refractivity contribution >= 4 is 5.91 Å². The minimum atomic E-state index is -0.367. The number of hydrogen-bond donors (Lipinski definition) is 2. The van der Waals surface area contributed by atoms with Crippen LogP contribution < -0.4 is 11.3 Å². The molecule has 5 heteroatoms. The molecule has 0 spiro atoms. The quantitative estimate of drug-likeness (QED) is 0.452. The summed E-state index contributed by atoms with van der Waals surface area (Å²) in [7, 11) is 0. The van der Waals surface area contributed by atoms with E-state index in [-0.39, 0.29) is 18.6 Å². The first-order valence-corrected chi connectivity index (χ1v) is 5.73. The molecule has 0 bridgehead atoms. The molecule has 1 rings (SSSR count). The molecule has 0 aliphatic carbocycles. The molecular formula is C12H20N2O3. The third-order valence-electron chi connectivity index (χ3n) is 2.42. The maximum atomic E-state index is 11.4. The van der Waals surface area contributed by atoms with E-state index in [1.165, 1.54) is 6.26 Å². The topological polar surface area (TPSA) is 77.5 Å². The molecule has 96 valence electrons. The predicted molar refractivity (Wildman–Crippen MR) is 64.1 cm³/mol. The molecule has 1 aromatic rings. The van der Waals surface area contributed by atoms with E-state index in [1.54, 1.807) is 6.07 Å². The van der Waals surface area contributed by atoms with Gasteiger partial charge < -0.3 is 9.15 Å². The summed E-state index contributed by atoms with van der Waals surface area (Å²) in [4.78, 5) is 11.4. The highest BCUT2D eigenvalue weighted by Gasteiger charge is 2.15. The number of amides is 1. The molecule has 17 heavy (non-hydrogen) atoms. The second-order valence-electron chi connectivity index (χ2n) is 4.48. The third kappa shape index (κ3) is 4.20. The average Bonchev–Trinajstić information content (AvgIpc) is 2.72. The number of hydrogen-bond acceptors (Lipinski definition) is 4. The lowest BCUT2D eigenvalue weighted by Crippen LogP contribution is -2.30. The fraction of sp³-hybridized carbons (Fsp3) is 0.583. The fourth-order valence-corrected chi connectivity index (χ4v) is 1.68. The number of nitrogen functional groups attached to an aromatic ring is 1. The Morgan fingerprint density at radius 1 is 1.53 bits per heavy atom. The van der Waals surface area contributed by atoms with Gasteiger partial charge in [0.05, 0.1) is 17.9 Å². The third-order valence-corrected chi connectivity index (χ3v) is 2.42. The molecule has 0 radical (unpaired) electrons. The first-order valence-electron chi connectivity index (χ1n) is 5.73. The molecule has 0 aliphatic heterocycles. The Hall–Kier alpha value is -1.33. The normalized spacial score (nSPS) is 12.8. The molecular weight excluding hydrogens is 220 g/mol. The second kappa shape index (κ2) is 6.42. The number of nitrogens with one attached hydrogen (secondary N) is 1. The van der Waals surface area contributed by atoms with E-state index in [0.29, 0.717) is 17.2 Å². The first-order chi connectivity index (χ1) is 8.04. The number of ether oxygens (including phenoxy) is 1. The van der Waals surface area contributed by atoms with Crippen molar-refractivity contribution in [2.75, 3.05) is 0 Å². The molecule has 0 fully saturated rings. The zero-order valence-corrected chi connectivity index (χ0v) is 10.5. The maximum Gasteiger partial charge on any atom is 0.268 e. The minimum absolute atomic E-state index is 0.133. The smallest absolute Gasteiger partial charge is 0.268 e. The summed E-state index contributed by atoms with van der Waals surface area (Å²) < 4.78 is 10.8. The van der Waals surface area contributed by atoms with Crippen molar-refractivity contribution in [3.63, 3.8) is 0 Å². The lowest BCUT2D eigenvalue weighted by Gasteiger charge is -2.14. The predicted octanol–water partition coefficient (Wildman–Crippen LogP) is 1.83. The Morgan fingerprint density at radius 3 is 2.82 bits per heavy atom. The van der Waals surface area contributed by atoms with E-state index >= 15 is 0 Å². The van der Waals surface area contributed by atoms with Crippen molar-refractivity contribution < 1.29 is 13.9 Å². The Balaban J connectivity index is 2.52. The van der Waals surface area contributed by atoms with Gasteiger partial charge in [-0.3, -0.25) is 10.2 Å². The Bertz CT molecular complexity index is 360. The van der Waals surface area contributed by atoms with Crippen molar-refractivity contribution in [3.05, 3.63) is 23.7 Å². The molecule has 1 atom stereocenters. The first kappa shape index (κ1) is 13.7. The Morgan fingerprint density at radius 2 is 2.24 bits per heavy atom. The van der Waals surface area contributed by atoms with Gasteiger partial charge in [0, 0.05) is 0 Å². The van der Waals surface area contributed by atoms with E-state index < -0.39 is 0 Å². The molecule has 1 heterocycles. The van der Waals surface area contributed by atoms with Crippen LogP contribution in [-0.4, -0.2) is 12.0 Å².